The number of hydrogen-bond acceptors (Lipinski definition) is 9. The molecule has 0 bridgehead atoms. The second kappa shape index (κ2) is 13.7. The fraction of sp³-hybridized carbons (Fsp3) is 0.278. The van der Waals surface area contributed by atoms with E-state index < -0.39 is 0 Å². The number of thioether (sulfide) groups is 1. The van der Waals surface area contributed by atoms with Crippen LogP contribution < -0.4 is 5.32 Å². The van der Waals surface area contributed by atoms with Crippen molar-refractivity contribution in [2.24, 2.45) is 0 Å². The van der Waals surface area contributed by atoms with Gasteiger partial charge in [-0.1, -0.05) is 54.2 Å². The minimum absolute atomic E-state index is 0.0781. The summed E-state index contributed by atoms with van der Waals surface area (Å²) in [6.07, 6.45) is 4.20. The molecule has 12 heteroatoms. The van der Waals surface area contributed by atoms with Crippen LogP contribution in [0, 0.1) is 0 Å². The number of fused-ring (bicyclic) bond motifs is 1. The average molecular weight is 680 g/mol. The van der Waals surface area contributed by atoms with Gasteiger partial charge in [0.15, 0.2) is 5.16 Å². The lowest BCUT2D eigenvalue weighted by Gasteiger charge is -2.27. The number of amides is 3. The SMILES string of the molecule is CCOC(=O)c1c(CNC(=O)CSc2nnc(CCN3C(=O)c4cccc5cccc(c45)C3=O)n2-c2ccccc2)sc2c1CCCC2. The minimum Gasteiger partial charge on any atom is -0.462 e. The smallest absolute Gasteiger partial charge is 0.339 e. The summed E-state index contributed by atoms with van der Waals surface area (Å²) in [5, 5.41) is 13.9. The molecule has 7 rings (SSSR count). The van der Waals surface area contributed by atoms with Gasteiger partial charge < -0.3 is 10.1 Å². The van der Waals surface area contributed by atoms with E-state index in [0.717, 1.165) is 47.2 Å². The Balaban J connectivity index is 1.06. The molecule has 244 valence electrons. The summed E-state index contributed by atoms with van der Waals surface area (Å²) in [7, 11) is 0. The highest BCUT2D eigenvalue weighted by atomic mass is 32.2. The van der Waals surface area contributed by atoms with Gasteiger partial charge in [0, 0.05) is 44.9 Å². The van der Waals surface area contributed by atoms with Crippen molar-refractivity contribution in [3.05, 3.63) is 105 Å². The molecule has 0 saturated carbocycles. The number of imide groups is 1. The molecular weight excluding hydrogens is 647 g/mol. The molecule has 0 fully saturated rings. The molecule has 3 amide bonds. The van der Waals surface area contributed by atoms with Gasteiger partial charge in [-0.25, -0.2) is 4.79 Å². The van der Waals surface area contributed by atoms with Crippen molar-refractivity contribution in [2.45, 2.75) is 50.7 Å². The Hall–Kier alpha value is -4.81. The fourth-order valence-corrected chi connectivity index (χ4v) is 8.56. The number of para-hydroxylation sites is 1. The third-order valence-electron chi connectivity index (χ3n) is 8.63. The van der Waals surface area contributed by atoms with Gasteiger partial charge in [-0.15, -0.1) is 21.5 Å². The van der Waals surface area contributed by atoms with Crippen LogP contribution in [0.5, 0.6) is 0 Å². The molecule has 0 atom stereocenters. The van der Waals surface area contributed by atoms with E-state index in [1.807, 2.05) is 59.2 Å². The molecule has 2 aromatic heterocycles. The monoisotopic (exact) mass is 679 g/mol. The summed E-state index contributed by atoms with van der Waals surface area (Å²) in [5.41, 5.74) is 3.50. The summed E-state index contributed by atoms with van der Waals surface area (Å²) < 4.78 is 7.21. The molecule has 0 saturated heterocycles. The number of hydrogen-bond donors (Lipinski definition) is 1. The van der Waals surface area contributed by atoms with Crippen LogP contribution in [0.3, 0.4) is 0 Å². The molecular formula is C36H33N5O5S2. The first kappa shape index (κ1) is 31.8. The van der Waals surface area contributed by atoms with Crippen molar-refractivity contribution in [1.82, 2.24) is 25.0 Å². The predicted molar refractivity (Wildman–Crippen MR) is 184 cm³/mol. The normalized spacial score (nSPS) is 13.9. The number of benzene rings is 3. The third-order valence-corrected chi connectivity index (χ3v) is 10.9. The van der Waals surface area contributed by atoms with Crippen LogP contribution >= 0.6 is 23.1 Å². The number of carbonyl (C=O) groups excluding carboxylic acids is 4. The molecule has 5 aromatic rings. The lowest BCUT2D eigenvalue weighted by molar-refractivity contribution is -0.118. The van der Waals surface area contributed by atoms with Crippen LogP contribution in [0.15, 0.2) is 71.9 Å². The van der Waals surface area contributed by atoms with Gasteiger partial charge >= 0.3 is 5.97 Å². The Morgan fingerprint density at radius 2 is 1.67 bits per heavy atom. The molecule has 48 heavy (non-hydrogen) atoms. The van der Waals surface area contributed by atoms with Crippen LogP contribution in [0.25, 0.3) is 16.5 Å². The van der Waals surface area contributed by atoms with E-state index in [9.17, 15) is 19.2 Å². The van der Waals surface area contributed by atoms with Crippen molar-refractivity contribution >= 4 is 57.6 Å². The second-order valence-electron chi connectivity index (χ2n) is 11.6. The van der Waals surface area contributed by atoms with Gasteiger partial charge in [-0.3, -0.25) is 23.9 Å². The molecule has 3 aromatic carbocycles. The number of thiophene rings is 1. The van der Waals surface area contributed by atoms with Gasteiger partial charge in [-0.2, -0.15) is 0 Å². The van der Waals surface area contributed by atoms with Gasteiger partial charge in [0.1, 0.15) is 5.82 Å². The molecule has 1 aliphatic heterocycles. The first-order chi connectivity index (χ1) is 23.4. The summed E-state index contributed by atoms with van der Waals surface area (Å²) in [6, 6.07) is 20.5. The number of carbonyl (C=O) groups is 4. The maximum atomic E-state index is 13.5. The number of aromatic nitrogens is 3. The van der Waals surface area contributed by atoms with Crippen LogP contribution in [-0.2, 0) is 35.3 Å². The van der Waals surface area contributed by atoms with Crippen molar-refractivity contribution < 1.29 is 23.9 Å². The number of esters is 1. The van der Waals surface area contributed by atoms with E-state index >= 15 is 0 Å². The quantitative estimate of drug-likeness (QED) is 0.106. The van der Waals surface area contributed by atoms with E-state index in [2.05, 4.69) is 15.5 Å². The predicted octanol–water partition coefficient (Wildman–Crippen LogP) is 5.78. The molecule has 10 nitrogen and oxygen atoms in total. The molecule has 1 N–H and O–H groups in total. The van der Waals surface area contributed by atoms with Gasteiger partial charge in [0.2, 0.25) is 5.91 Å². The Labute approximate surface area is 285 Å². The maximum Gasteiger partial charge on any atom is 0.339 e. The third kappa shape index (κ3) is 6.01. The summed E-state index contributed by atoms with van der Waals surface area (Å²) in [5.74, 6) is -0.562. The van der Waals surface area contributed by atoms with E-state index in [4.69, 9.17) is 4.74 Å². The van der Waals surface area contributed by atoms with E-state index in [1.54, 1.807) is 30.4 Å². The molecule has 3 heterocycles. The van der Waals surface area contributed by atoms with E-state index in [-0.39, 0.29) is 49.0 Å². The number of nitrogens with one attached hydrogen (secondary N) is 1. The minimum atomic E-state index is -0.334. The lowest BCUT2D eigenvalue weighted by Crippen LogP contribution is -2.41. The number of aryl methyl sites for hydroxylation is 1. The Kier molecular flexibility index (Phi) is 9.09. The maximum absolute atomic E-state index is 13.5. The summed E-state index contributed by atoms with van der Waals surface area (Å²) >= 11 is 2.83. The largest absolute Gasteiger partial charge is 0.462 e. The summed E-state index contributed by atoms with van der Waals surface area (Å²) in [6.45, 7) is 2.45. The topological polar surface area (TPSA) is 123 Å². The highest BCUT2D eigenvalue weighted by molar-refractivity contribution is 7.99. The number of rotatable bonds is 11. The van der Waals surface area contributed by atoms with Crippen molar-refractivity contribution in [3.63, 3.8) is 0 Å². The second-order valence-corrected chi connectivity index (χ2v) is 13.7. The average Bonchev–Trinajstić information content (AvgIpc) is 3.70. The fourth-order valence-electron chi connectivity index (χ4n) is 6.43. The molecule has 2 aliphatic rings. The number of nitrogens with zero attached hydrogens (tertiary/aromatic N) is 4. The van der Waals surface area contributed by atoms with Crippen LogP contribution in [0.1, 0.15) is 72.0 Å². The Bertz CT molecular complexity index is 2000. The molecule has 0 unspecified atom stereocenters. The van der Waals surface area contributed by atoms with E-state index in [0.29, 0.717) is 39.7 Å². The van der Waals surface area contributed by atoms with E-state index in [1.165, 1.54) is 21.5 Å². The Morgan fingerprint density at radius 3 is 2.40 bits per heavy atom. The zero-order chi connectivity index (χ0) is 33.2. The standard InChI is InChI=1S/C36H33N5O5S2/c1-2-46-35(45)32-24-14-6-7-17-27(24)48-28(32)20-37-30(42)21-47-36-39-38-29(41(36)23-12-4-3-5-13-23)18-19-40-33(43)25-15-8-10-22-11-9-16-26(31(22)25)34(40)44/h3-5,8-13,15-16H,2,6-7,14,17-21H2,1H3,(H,37,42). The first-order valence-corrected chi connectivity index (χ1v) is 17.8. The van der Waals surface area contributed by atoms with Crippen LogP contribution in [0.2, 0.25) is 0 Å². The van der Waals surface area contributed by atoms with Crippen LogP contribution in [0.4, 0.5) is 0 Å². The van der Waals surface area contributed by atoms with Gasteiger partial charge in [0.05, 0.1) is 24.5 Å². The lowest BCUT2D eigenvalue weighted by atomic mass is 9.94. The molecule has 1 aliphatic carbocycles. The van der Waals surface area contributed by atoms with Gasteiger partial charge in [0.25, 0.3) is 11.8 Å². The molecule has 0 spiro atoms. The molecule has 0 radical (unpaired) electrons. The number of ether oxygens (including phenoxy) is 1. The summed E-state index contributed by atoms with van der Waals surface area (Å²) in [4.78, 5) is 56.2. The van der Waals surface area contributed by atoms with Crippen LogP contribution in [-0.4, -0.2) is 62.3 Å². The van der Waals surface area contributed by atoms with Crippen molar-refractivity contribution in [3.8, 4) is 5.69 Å². The van der Waals surface area contributed by atoms with Gasteiger partial charge in [-0.05, 0) is 67.8 Å². The Morgan fingerprint density at radius 1 is 0.938 bits per heavy atom. The highest BCUT2D eigenvalue weighted by Gasteiger charge is 2.33. The first-order valence-electron chi connectivity index (χ1n) is 16.0. The van der Waals surface area contributed by atoms with Crippen molar-refractivity contribution in [1.29, 1.82) is 0 Å². The zero-order valence-electron chi connectivity index (χ0n) is 26.4. The van der Waals surface area contributed by atoms with Crippen molar-refractivity contribution in [2.75, 3.05) is 18.9 Å². The highest BCUT2D eigenvalue weighted by Crippen LogP contribution is 2.35. The zero-order valence-corrected chi connectivity index (χ0v) is 28.0.